The molecule has 0 saturated carbocycles. The van der Waals surface area contributed by atoms with Gasteiger partial charge in [0.05, 0.1) is 0 Å². The summed E-state index contributed by atoms with van der Waals surface area (Å²) in [6.07, 6.45) is 2.59. The molecule has 0 heteroatoms. The van der Waals surface area contributed by atoms with Crippen LogP contribution in [0.3, 0.4) is 0 Å². The molecule has 0 aromatic rings. The van der Waals surface area contributed by atoms with Crippen LogP contribution in [0.4, 0.5) is 0 Å². The van der Waals surface area contributed by atoms with Crippen molar-refractivity contribution in [2.45, 2.75) is 47.5 Å². The van der Waals surface area contributed by atoms with Crippen LogP contribution in [0.25, 0.3) is 0 Å². The summed E-state index contributed by atoms with van der Waals surface area (Å²) in [6, 6.07) is 0. The molecule has 1 atom stereocenters. The molecule has 0 aliphatic heterocycles. The summed E-state index contributed by atoms with van der Waals surface area (Å²) < 4.78 is 0. The molecule has 0 fully saturated rings. The Balaban J connectivity index is 3.72. The first-order valence-corrected chi connectivity index (χ1v) is 4.94. The first kappa shape index (κ1) is 11.7. The fourth-order valence-corrected chi connectivity index (χ4v) is 1.25. The van der Waals surface area contributed by atoms with Gasteiger partial charge in [-0.25, -0.2) is 0 Å². The van der Waals surface area contributed by atoms with Gasteiger partial charge in [-0.2, -0.15) is 0 Å². The van der Waals surface area contributed by atoms with Gasteiger partial charge in [-0.05, 0) is 24.2 Å². The van der Waals surface area contributed by atoms with Crippen molar-refractivity contribution in [1.29, 1.82) is 0 Å². The average molecular weight is 167 g/mol. The van der Waals surface area contributed by atoms with E-state index >= 15 is 0 Å². The highest BCUT2D eigenvalue weighted by atomic mass is 14.2. The van der Waals surface area contributed by atoms with Crippen molar-refractivity contribution < 1.29 is 0 Å². The maximum atomic E-state index is 4.10. The van der Waals surface area contributed by atoms with Gasteiger partial charge in [-0.15, -0.1) is 0 Å². The van der Waals surface area contributed by atoms with E-state index in [4.69, 9.17) is 0 Å². The largest absolute Gasteiger partial charge is 0.0990 e. The lowest BCUT2D eigenvalue weighted by molar-refractivity contribution is 0.487. The zero-order chi connectivity index (χ0) is 9.72. The summed E-state index contributed by atoms with van der Waals surface area (Å²) >= 11 is 0. The molecule has 0 bridgehead atoms. The van der Waals surface area contributed by atoms with E-state index in [0.29, 0.717) is 5.92 Å². The second-order valence-electron chi connectivity index (χ2n) is 4.40. The third kappa shape index (κ3) is 4.58. The molecule has 0 rings (SSSR count). The van der Waals surface area contributed by atoms with Crippen molar-refractivity contribution in [3.05, 3.63) is 18.1 Å². The minimum atomic E-state index is 0.664. The maximum absolute atomic E-state index is 4.10. The Morgan fingerprint density at radius 2 is 1.58 bits per heavy atom. The molecule has 0 heterocycles. The van der Waals surface area contributed by atoms with Gasteiger partial charge in [0, 0.05) is 0 Å². The number of rotatable bonds is 5. The van der Waals surface area contributed by atoms with E-state index in [1.165, 1.54) is 24.3 Å². The Morgan fingerprint density at radius 1 is 1.08 bits per heavy atom. The molecule has 12 heavy (non-hydrogen) atoms. The highest BCUT2D eigenvalue weighted by Gasteiger charge is 2.10. The smallest absolute Gasteiger partial charge is 0.00564 e. The Kier molecular flexibility index (Phi) is 5.28. The third-order valence-corrected chi connectivity index (χ3v) is 2.41. The van der Waals surface area contributed by atoms with E-state index in [1.54, 1.807) is 0 Å². The Hall–Kier alpha value is -0.260. The Labute approximate surface area is 78.1 Å². The van der Waals surface area contributed by atoms with Crippen LogP contribution < -0.4 is 0 Å². The Morgan fingerprint density at radius 3 is 1.92 bits per heavy atom. The molecule has 1 unspecified atom stereocenters. The normalized spacial score (nSPS) is 13.9. The molecule has 0 amide bonds. The van der Waals surface area contributed by atoms with Gasteiger partial charge in [0.15, 0.2) is 0 Å². The van der Waals surface area contributed by atoms with E-state index in [2.05, 4.69) is 41.2 Å². The second kappa shape index (κ2) is 5.40. The van der Waals surface area contributed by atoms with E-state index in [9.17, 15) is 0 Å². The minimum absolute atomic E-state index is 0.664. The summed E-state index contributed by atoms with van der Waals surface area (Å²) in [5.41, 5.74) is 1.33. The van der Waals surface area contributed by atoms with Crippen LogP contribution in [-0.4, -0.2) is 0 Å². The monoisotopic (exact) mass is 167 g/mol. The fraction of sp³-hybridized carbons (Fsp3) is 0.750. The topological polar surface area (TPSA) is 0 Å². The van der Waals surface area contributed by atoms with Gasteiger partial charge in [-0.1, -0.05) is 53.2 Å². The van der Waals surface area contributed by atoms with Gasteiger partial charge in [0.2, 0.25) is 0 Å². The lowest BCUT2D eigenvalue weighted by atomic mass is 9.88. The quantitative estimate of drug-likeness (QED) is 0.575. The first-order chi connectivity index (χ1) is 5.45. The van der Waals surface area contributed by atoms with Crippen LogP contribution in [0.2, 0.25) is 0 Å². The van der Waals surface area contributed by atoms with Crippen LogP contribution in [0.15, 0.2) is 12.2 Å². The molecule has 0 saturated heterocycles. The van der Waals surface area contributed by atoms with Crippen molar-refractivity contribution in [2.24, 2.45) is 11.8 Å². The first-order valence-electron chi connectivity index (χ1n) is 4.94. The minimum Gasteiger partial charge on any atom is -0.0990 e. The predicted molar refractivity (Wildman–Crippen MR) is 57.0 cm³/mol. The standard InChI is InChI=1S/C12H23/c1-9(2)7-8-11(5)12(6)10(3)4/h9,11H,6-8H2,1-5H3. The van der Waals surface area contributed by atoms with Gasteiger partial charge in [-0.3, -0.25) is 0 Å². The SMILES string of the molecule is C=C([C](C)C)C(C)CCC(C)C. The van der Waals surface area contributed by atoms with Gasteiger partial charge in [0.25, 0.3) is 0 Å². The summed E-state index contributed by atoms with van der Waals surface area (Å²) in [6.45, 7) is 15.2. The molecule has 0 spiro atoms. The zero-order valence-corrected chi connectivity index (χ0v) is 9.28. The molecule has 0 aromatic carbocycles. The third-order valence-electron chi connectivity index (χ3n) is 2.41. The molecule has 0 aliphatic rings. The number of hydrogen-bond acceptors (Lipinski definition) is 0. The van der Waals surface area contributed by atoms with Crippen molar-refractivity contribution in [3.63, 3.8) is 0 Å². The molecular formula is C12H23. The summed E-state index contributed by atoms with van der Waals surface area (Å²) in [7, 11) is 0. The van der Waals surface area contributed by atoms with Gasteiger partial charge >= 0.3 is 0 Å². The number of allylic oxidation sites excluding steroid dienone is 1. The highest BCUT2D eigenvalue weighted by Crippen LogP contribution is 2.24. The van der Waals surface area contributed by atoms with Crippen LogP contribution in [0, 0.1) is 17.8 Å². The van der Waals surface area contributed by atoms with E-state index < -0.39 is 0 Å². The Bertz CT molecular complexity index is 131. The van der Waals surface area contributed by atoms with Gasteiger partial charge < -0.3 is 0 Å². The highest BCUT2D eigenvalue weighted by molar-refractivity contribution is 5.18. The van der Waals surface area contributed by atoms with Crippen molar-refractivity contribution in [2.75, 3.05) is 0 Å². The lowest BCUT2D eigenvalue weighted by Crippen LogP contribution is -2.04. The van der Waals surface area contributed by atoms with Crippen LogP contribution in [0.5, 0.6) is 0 Å². The van der Waals surface area contributed by atoms with Crippen LogP contribution in [0.1, 0.15) is 47.5 Å². The fourth-order valence-electron chi connectivity index (χ4n) is 1.25. The summed E-state index contributed by atoms with van der Waals surface area (Å²) in [5, 5.41) is 0. The summed E-state index contributed by atoms with van der Waals surface area (Å²) in [5.74, 6) is 2.86. The van der Waals surface area contributed by atoms with Gasteiger partial charge in [0.1, 0.15) is 0 Å². The lowest BCUT2D eigenvalue weighted by Gasteiger charge is -2.18. The van der Waals surface area contributed by atoms with E-state index in [1.807, 2.05) is 0 Å². The van der Waals surface area contributed by atoms with Crippen molar-refractivity contribution >= 4 is 0 Å². The van der Waals surface area contributed by atoms with Crippen LogP contribution >= 0.6 is 0 Å². The zero-order valence-electron chi connectivity index (χ0n) is 9.28. The van der Waals surface area contributed by atoms with Crippen molar-refractivity contribution in [3.8, 4) is 0 Å². The molecular weight excluding hydrogens is 144 g/mol. The molecule has 0 nitrogen and oxygen atoms in total. The summed E-state index contributed by atoms with van der Waals surface area (Å²) in [4.78, 5) is 0. The predicted octanol–water partition coefficient (Wildman–Crippen LogP) is 4.23. The molecule has 0 aliphatic carbocycles. The van der Waals surface area contributed by atoms with Crippen LogP contribution in [-0.2, 0) is 0 Å². The number of hydrogen-bond donors (Lipinski definition) is 0. The van der Waals surface area contributed by atoms with E-state index in [0.717, 1.165) is 5.92 Å². The molecule has 1 radical (unpaired) electrons. The molecule has 0 aromatic heterocycles. The van der Waals surface area contributed by atoms with Crippen molar-refractivity contribution in [1.82, 2.24) is 0 Å². The average Bonchev–Trinajstić information content (AvgIpc) is 1.98. The molecule has 0 N–H and O–H groups in total. The maximum Gasteiger partial charge on any atom is -0.00564 e. The molecule has 71 valence electrons. The second-order valence-corrected chi connectivity index (χ2v) is 4.40. The van der Waals surface area contributed by atoms with E-state index in [-0.39, 0.29) is 0 Å².